The fourth-order valence-corrected chi connectivity index (χ4v) is 1.43. The maximum Gasteiger partial charge on any atom is 0.245 e. The number of amides is 1. The fraction of sp³-hybridized carbons (Fsp3) is 0.167. The second-order valence-corrected chi connectivity index (χ2v) is 3.47. The molecule has 1 aliphatic heterocycles. The molecular weight excluding hydrogens is 202 g/mol. The molecule has 0 radical (unpaired) electrons. The number of allylic oxidation sites excluding steroid dienone is 2. The monoisotopic (exact) mass is 215 g/mol. The predicted octanol–water partition coefficient (Wildman–Crippen LogP) is 0.739. The molecule has 4 nitrogen and oxygen atoms in total. The molecule has 0 aromatic carbocycles. The van der Waals surface area contributed by atoms with Crippen LogP contribution in [-0.4, -0.2) is 16.9 Å². The Morgan fingerprint density at radius 1 is 1.31 bits per heavy atom. The molecule has 1 aromatic rings. The first-order valence-corrected chi connectivity index (χ1v) is 5.12. The highest BCUT2D eigenvalue weighted by molar-refractivity contribution is 5.85. The number of carbonyl (C=O) groups is 1. The Morgan fingerprint density at radius 3 is 2.94 bits per heavy atom. The highest BCUT2D eigenvalue weighted by Crippen LogP contribution is 1.99. The van der Waals surface area contributed by atoms with Crippen LogP contribution in [0.15, 0.2) is 49.0 Å². The number of hydrogen-bond donors (Lipinski definition) is 2. The van der Waals surface area contributed by atoms with Crippen LogP contribution in [0.2, 0.25) is 0 Å². The number of carbonyl (C=O) groups excluding carboxylic acids is 1. The van der Waals surface area contributed by atoms with Gasteiger partial charge in [-0.1, -0.05) is 12.2 Å². The summed E-state index contributed by atoms with van der Waals surface area (Å²) in [7, 11) is 0. The molecule has 1 amide bonds. The van der Waals surface area contributed by atoms with Crippen LogP contribution in [-0.2, 0) is 11.3 Å². The van der Waals surface area contributed by atoms with E-state index in [1.165, 1.54) is 0 Å². The summed E-state index contributed by atoms with van der Waals surface area (Å²) in [4.78, 5) is 15.5. The van der Waals surface area contributed by atoms with Crippen molar-refractivity contribution in [3.8, 4) is 0 Å². The lowest BCUT2D eigenvalue weighted by Crippen LogP contribution is -2.40. The van der Waals surface area contributed by atoms with E-state index < -0.39 is 0 Å². The molecule has 2 heterocycles. The number of aromatic nitrogens is 1. The van der Waals surface area contributed by atoms with Crippen molar-refractivity contribution in [1.82, 2.24) is 15.6 Å². The molecule has 0 saturated carbocycles. The molecule has 0 fully saturated rings. The lowest BCUT2D eigenvalue weighted by molar-refractivity contribution is -0.121. The summed E-state index contributed by atoms with van der Waals surface area (Å²) in [6.45, 7) is 0.644. The van der Waals surface area contributed by atoms with E-state index in [9.17, 15) is 4.79 Å². The average molecular weight is 215 g/mol. The van der Waals surface area contributed by atoms with E-state index in [2.05, 4.69) is 15.6 Å². The van der Waals surface area contributed by atoms with Crippen LogP contribution in [0.3, 0.4) is 0 Å². The normalized spacial score (nSPS) is 19.2. The average Bonchev–Trinajstić information content (AvgIpc) is 2.53. The molecular formula is C12H13N3O. The zero-order chi connectivity index (χ0) is 11.2. The topological polar surface area (TPSA) is 54.0 Å². The molecule has 2 rings (SSSR count). The van der Waals surface area contributed by atoms with Gasteiger partial charge in [0.05, 0.1) is 0 Å². The Bertz CT molecular complexity index is 412. The van der Waals surface area contributed by atoms with E-state index in [1.54, 1.807) is 24.7 Å². The SMILES string of the molecule is O=C1NC=CC=C[C@@H]1NCc1ccncc1. The Balaban J connectivity index is 1.93. The van der Waals surface area contributed by atoms with Crippen molar-refractivity contribution in [1.29, 1.82) is 0 Å². The molecule has 0 bridgehead atoms. The Kier molecular flexibility index (Phi) is 3.46. The first kappa shape index (κ1) is 10.6. The van der Waals surface area contributed by atoms with Gasteiger partial charge in [-0.25, -0.2) is 0 Å². The molecule has 2 N–H and O–H groups in total. The van der Waals surface area contributed by atoms with Crippen LogP contribution >= 0.6 is 0 Å². The summed E-state index contributed by atoms with van der Waals surface area (Å²) in [6.07, 6.45) is 10.6. The van der Waals surface area contributed by atoms with Gasteiger partial charge >= 0.3 is 0 Å². The van der Waals surface area contributed by atoms with Gasteiger partial charge in [-0.05, 0) is 23.8 Å². The molecule has 0 unspecified atom stereocenters. The van der Waals surface area contributed by atoms with Crippen molar-refractivity contribution >= 4 is 5.91 Å². The highest BCUT2D eigenvalue weighted by atomic mass is 16.2. The molecule has 0 aliphatic carbocycles. The predicted molar refractivity (Wildman–Crippen MR) is 61.3 cm³/mol. The first-order chi connectivity index (χ1) is 7.86. The van der Waals surface area contributed by atoms with E-state index in [0.29, 0.717) is 6.54 Å². The molecule has 16 heavy (non-hydrogen) atoms. The van der Waals surface area contributed by atoms with Crippen molar-refractivity contribution in [2.24, 2.45) is 0 Å². The first-order valence-electron chi connectivity index (χ1n) is 5.12. The summed E-state index contributed by atoms with van der Waals surface area (Å²) >= 11 is 0. The minimum absolute atomic E-state index is 0.0425. The molecule has 1 aliphatic rings. The summed E-state index contributed by atoms with van der Waals surface area (Å²) in [5.74, 6) is -0.0425. The molecule has 1 aromatic heterocycles. The second-order valence-electron chi connectivity index (χ2n) is 3.47. The van der Waals surface area contributed by atoms with Crippen LogP contribution in [0.4, 0.5) is 0 Å². The number of rotatable bonds is 3. The van der Waals surface area contributed by atoms with Crippen LogP contribution in [0.1, 0.15) is 5.56 Å². The third kappa shape index (κ3) is 2.77. The lowest BCUT2D eigenvalue weighted by atomic mass is 10.2. The fourth-order valence-electron chi connectivity index (χ4n) is 1.43. The Morgan fingerprint density at radius 2 is 2.12 bits per heavy atom. The van der Waals surface area contributed by atoms with Gasteiger partial charge in [0.1, 0.15) is 6.04 Å². The highest BCUT2D eigenvalue weighted by Gasteiger charge is 2.13. The van der Waals surface area contributed by atoms with Gasteiger partial charge in [0, 0.05) is 25.1 Å². The quantitative estimate of drug-likeness (QED) is 0.782. The molecule has 4 heteroatoms. The largest absolute Gasteiger partial charge is 0.331 e. The zero-order valence-corrected chi connectivity index (χ0v) is 8.76. The summed E-state index contributed by atoms with van der Waals surface area (Å²) in [5.41, 5.74) is 1.11. The van der Waals surface area contributed by atoms with E-state index >= 15 is 0 Å². The minimum atomic E-state index is -0.289. The molecule has 1 atom stereocenters. The smallest absolute Gasteiger partial charge is 0.245 e. The standard InChI is InChI=1S/C12H13N3O/c16-12-11(3-1-2-6-14-12)15-9-10-4-7-13-8-5-10/h1-8,11,15H,9H2,(H,14,16)/t11-/m0/s1. The van der Waals surface area contributed by atoms with Crippen molar-refractivity contribution in [3.05, 3.63) is 54.5 Å². The maximum atomic E-state index is 11.5. The summed E-state index contributed by atoms with van der Waals surface area (Å²) in [6, 6.07) is 3.55. The minimum Gasteiger partial charge on any atom is -0.331 e. The maximum absolute atomic E-state index is 11.5. The van der Waals surface area contributed by atoms with Gasteiger partial charge in [0.15, 0.2) is 0 Å². The third-order valence-corrected chi connectivity index (χ3v) is 2.29. The van der Waals surface area contributed by atoms with Gasteiger partial charge < -0.3 is 5.32 Å². The summed E-state index contributed by atoms with van der Waals surface area (Å²) < 4.78 is 0. The van der Waals surface area contributed by atoms with Crippen LogP contribution < -0.4 is 10.6 Å². The van der Waals surface area contributed by atoms with Crippen molar-refractivity contribution in [2.45, 2.75) is 12.6 Å². The van der Waals surface area contributed by atoms with Gasteiger partial charge in [-0.2, -0.15) is 0 Å². The zero-order valence-electron chi connectivity index (χ0n) is 8.76. The van der Waals surface area contributed by atoms with Gasteiger partial charge in [-0.3, -0.25) is 15.1 Å². The molecule has 0 saturated heterocycles. The van der Waals surface area contributed by atoms with Gasteiger partial charge in [0.25, 0.3) is 0 Å². The summed E-state index contributed by atoms with van der Waals surface area (Å²) in [5, 5.41) is 5.84. The number of hydrogen-bond acceptors (Lipinski definition) is 3. The van der Waals surface area contributed by atoms with Crippen LogP contribution in [0.25, 0.3) is 0 Å². The van der Waals surface area contributed by atoms with E-state index in [0.717, 1.165) is 5.56 Å². The van der Waals surface area contributed by atoms with Gasteiger partial charge in [-0.15, -0.1) is 0 Å². The van der Waals surface area contributed by atoms with Gasteiger partial charge in [0.2, 0.25) is 5.91 Å². The number of pyridine rings is 1. The van der Waals surface area contributed by atoms with E-state index in [1.807, 2.05) is 24.3 Å². The number of nitrogens with one attached hydrogen (secondary N) is 2. The van der Waals surface area contributed by atoms with E-state index in [-0.39, 0.29) is 11.9 Å². The van der Waals surface area contributed by atoms with E-state index in [4.69, 9.17) is 0 Å². The van der Waals surface area contributed by atoms with Crippen molar-refractivity contribution in [3.63, 3.8) is 0 Å². The van der Waals surface area contributed by atoms with Crippen molar-refractivity contribution in [2.75, 3.05) is 0 Å². The Labute approximate surface area is 94.1 Å². The van der Waals surface area contributed by atoms with Crippen LogP contribution in [0, 0.1) is 0 Å². The Hall–Kier alpha value is -1.94. The van der Waals surface area contributed by atoms with Crippen molar-refractivity contribution < 1.29 is 4.79 Å². The molecule has 82 valence electrons. The number of nitrogens with zero attached hydrogens (tertiary/aromatic N) is 1. The lowest BCUT2D eigenvalue weighted by Gasteiger charge is -2.12. The molecule has 0 spiro atoms. The second kappa shape index (κ2) is 5.23. The third-order valence-electron chi connectivity index (χ3n) is 2.29. The van der Waals surface area contributed by atoms with Crippen LogP contribution in [0.5, 0.6) is 0 Å².